The first-order valence-corrected chi connectivity index (χ1v) is 10.0. The zero-order chi connectivity index (χ0) is 19.0. The molecule has 2 atom stereocenters. The number of nitrogens with zero attached hydrogens (tertiary/aromatic N) is 2. The molecule has 2 saturated carbocycles. The van der Waals surface area contributed by atoms with Crippen molar-refractivity contribution in [2.75, 3.05) is 0 Å². The van der Waals surface area contributed by atoms with Gasteiger partial charge in [0.05, 0.1) is 22.0 Å². The molecule has 2 unspecified atom stereocenters. The van der Waals surface area contributed by atoms with Crippen molar-refractivity contribution in [1.29, 1.82) is 0 Å². The Hall–Kier alpha value is -2.55. The molecule has 2 fully saturated rings. The molecule has 2 aliphatic rings. The van der Waals surface area contributed by atoms with Gasteiger partial charge >= 0.3 is 0 Å². The Balaban J connectivity index is 1.83. The highest BCUT2D eigenvalue weighted by atomic mass is 32.2. The normalized spacial score (nSPS) is 26.2. The fourth-order valence-electron chi connectivity index (χ4n) is 4.66. The van der Waals surface area contributed by atoms with E-state index in [2.05, 4.69) is 9.97 Å². The van der Waals surface area contributed by atoms with Crippen molar-refractivity contribution in [2.24, 2.45) is 5.92 Å². The highest BCUT2D eigenvalue weighted by Gasteiger charge is 2.82. The summed E-state index contributed by atoms with van der Waals surface area (Å²) in [5, 5.41) is -0.0684. The zero-order valence-corrected chi connectivity index (χ0v) is 14.8. The van der Waals surface area contributed by atoms with Crippen LogP contribution in [-0.2, 0) is 15.4 Å². The van der Waals surface area contributed by atoms with Crippen LogP contribution in [0.3, 0.4) is 0 Å². The van der Waals surface area contributed by atoms with Crippen LogP contribution in [0.25, 0.3) is 11.0 Å². The van der Waals surface area contributed by atoms with Crippen LogP contribution in [0.15, 0.2) is 52.5 Å². The summed E-state index contributed by atoms with van der Waals surface area (Å²) in [5.41, 5.74) is -2.13. The summed E-state index contributed by atoms with van der Waals surface area (Å²) in [7, 11) is -4.08. The average Bonchev–Trinajstić information content (AvgIpc) is 3.07. The second-order valence-electron chi connectivity index (χ2n) is 7.13. The van der Waals surface area contributed by atoms with Crippen molar-refractivity contribution >= 4 is 21.1 Å². The third-order valence-corrected chi connectivity index (χ3v) is 7.61. The van der Waals surface area contributed by atoms with Gasteiger partial charge in [-0.15, -0.1) is 0 Å². The monoisotopic (exact) mass is 391 g/mol. The summed E-state index contributed by atoms with van der Waals surface area (Å²) in [6, 6.07) is 7.64. The minimum Gasteiger partial charge on any atom is -0.312 e. The Morgan fingerprint density at radius 1 is 1.22 bits per heavy atom. The predicted octanol–water partition coefficient (Wildman–Crippen LogP) is 2.65. The van der Waals surface area contributed by atoms with Gasteiger partial charge in [0.1, 0.15) is 0 Å². The lowest BCUT2D eigenvalue weighted by Gasteiger charge is -2.12. The first-order chi connectivity index (χ1) is 12.8. The maximum atomic E-state index is 14.6. The molecule has 2 aromatic heterocycles. The zero-order valence-electron chi connectivity index (χ0n) is 14.0. The Morgan fingerprint density at radius 2 is 1.96 bits per heavy atom. The van der Waals surface area contributed by atoms with E-state index in [1.165, 1.54) is 18.3 Å². The second-order valence-corrected chi connectivity index (χ2v) is 8.94. The largest absolute Gasteiger partial charge is 0.312 e. The maximum Gasteiger partial charge on any atom is 0.269 e. The van der Waals surface area contributed by atoms with Crippen LogP contribution in [0.1, 0.15) is 24.8 Å². The van der Waals surface area contributed by atoms with Crippen molar-refractivity contribution in [3.63, 3.8) is 0 Å². The summed E-state index contributed by atoms with van der Waals surface area (Å²) >= 11 is 0. The Labute approximate surface area is 152 Å². The topological polar surface area (TPSA) is 84.8 Å². The molecule has 0 bridgehead atoms. The van der Waals surface area contributed by atoms with Gasteiger partial charge in [-0.2, -0.15) is 0 Å². The minimum atomic E-state index is -4.08. The van der Waals surface area contributed by atoms with Gasteiger partial charge in [0.25, 0.3) is 21.5 Å². The van der Waals surface area contributed by atoms with Gasteiger partial charge in [-0.1, -0.05) is 24.6 Å². The molecule has 3 aromatic rings. The van der Waals surface area contributed by atoms with Crippen molar-refractivity contribution in [2.45, 2.75) is 35.5 Å². The van der Waals surface area contributed by atoms with Crippen molar-refractivity contribution in [3.8, 4) is 0 Å². The number of alkyl halides is 2. The van der Waals surface area contributed by atoms with Gasteiger partial charge in [-0.25, -0.2) is 26.2 Å². The summed E-state index contributed by atoms with van der Waals surface area (Å²) < 4.78 is 56.2. The van der Waals surface area contributed by atoms with Gasteiger partial charge in [-0.3, -0.25) is 4.79 Å². The smallest absolute Gasteiger partial charge is 0.269 e. The van der Waals surface area contributed by atoms with Crippen LogP contribution in [0, 0.1) is 5.92 Å². The van der Waals surface area contributed by atoms with E-state index in [1.54, 1.807) is 18.2 Å². The number of hydrogen-bond acceptors (Lipinski definition) is 4. The summed E-state index contributed by atoms with van der Waals surface area (Å²) in [4.78, 5) is 18.8. The fraction of sp³-hybridized carbons (Fsp3) is 0.333. The van der Waals surface area contributed by atoms with E-state index >= 15 is 0 Å². The van der Waals surface area contributed by atoms with Crippen LogP contribution in [0.5, 0.6) is 0 Å². The highest BCUT2D eigenvalue weighted by Crippen LogP contribution is 2.74. The van der Waals surface area contributed by atoms with Crippen LogP contribution in [0.4, 0.5) is 8.78 Å². The number of H-pyrrole nitrogens is 1. The lowest BCUT2D eigenvalue weighted by Crippen LogP contribution is -2.18. The number of aromatic nitrogens is 3. The molecule has 0 saturated heterocycles. The molecule has 1 aromatic carbocycles. The molecule has 0 amide bonds. The van der Waals surface area contributed by atoms with E-state index in [-0.39, 0.29) is 27.9 Å². The number of hydrogen-bond donors (Lipinski definition) is 1. The molecule has 5 rings (SSSR count). The molecule has 27 heavy (non-hydrogen) atoms. The van der Waals surface area contributed by atoms with E-state index in [0.29, 0.717) is 12.8 Å². The SMILES string of the molecule is O=c1[nH]cnc2c1c(C13CCCC1C3(F)F)cn2S(=O)(=O)c1ccccc1. The number of nitrogens with one attached hydrogen (secondary N) is 1. The van der Waals surface area contributed by atoms with E-state index in [1.807, 2.05) is 0 Å². The highest BCUT2D eigenvalue weighted by molar-refractivity contribution is 7.90. The number of benzene rings is 1. The molecule has 0 aliphatic heterocycles. The van der Waals surface area contributed by atoms with Gasteiger partial charge in [0.2, 0.25) is 0 Å². The number of rotatable bonds is 3. The number of fused-ring (bicyclic) bond motifs is 2. The van der Waals surface area contributed by atoms with E-state index in [9.17, 15) is 22.0 Å². The lowest BCUT2D eigenvalue weighted by molar-refractivity contribution is 0.0641. The number of halogens is 2. The van der Waals surface area contributed by atoms with E-state index in [4.69, 9.17) is 0 Å². The summed E-state index contributed by atoms with van der Waals surface area (Å²) in [5.74, 6) is -3.80. The first-order valence-electron chi connectivity index (χ1n) is 8.59. The van der Waals surface area contributed by atoms with Crippen LogP contribution < -0.4 is 5.56 Å². The van der Waals surface area contributed by atoms with Crippen molar-refractivity contribution < 1.29 is 17.2 Å². The summed E-state index contributed by atoms with van der Waals surface area (Å²) in [6.07, 6.45) is 3.47. The molecule has 0 radical (unpaired) electrons. The molecule has 0 spiro atoms. The van der Waals surface area contributed by atoms with Crippen LogP contribution >= 0.6 is 0 Å². The quantitative estimate of drug-likeness (QED) is 0.744. The summed E-state index contributed by atoms with van der Waals surface area (Å²) in [6.45, 7) is 0. The molecular weight excluding hydrogens is 376 g/mol. The lowest BCUT2D eigenvalue weighted by atomic mass is 9.93. The Bertz CT molecular complexity index is 1230. The van der Waals surface area contributed by atoms with Gasteiger partial charge in [-0.05, 0) is 30.5 Å². The van der Waals surface area contributed by atoms with E-state index < -0.39 is 32.8 Å². The standard InChI is InChI=1S/C18H15F2N3O3S/c19-18(20)13-7-4-8-17(13,18)12-9-23(15-14(12)16(24)22-10-21-15)27(25,26)11-5-2-1-3-6-11/h1-3,5-6,9-10,13H,4,7-8H2,(H,21,22,24). The molecular formula is C18H15F2N3O3S. The maximum absolute atomic E-state index is 14.6. The average molecular weight is 391 g/mol. The third kappa shape index (κ3) is 1.90. The molecule has 1 N–H and O–H groups in total. The third-order valence-electron chi connectivity index (χ3n) is 5.95. The molecule has 6 nitrogen and oxygen atoms in total. The minimum absolute atomic E-state index is 0.00133. The van der Waals surface area contributed by atoms with Gasteiger partial charge < -0.3 is 4.98 Å². The molecule has 2 heterocycles. The van der Waals surface area contributed by atoms with Crippen molar-refractivity contribution in [1.82, 2.24) is 13.9 Å². The predicted molar refractivity (Wildman–Crippen MR) is 93.3 cm³/mol. The first kappa shape index (κ1) is 16.6. The molecule has 2 aliphatic carbocycles. The van der Waals surface area contributed by atoms with Gasteiger partial charge in [0.15, 0.2) is 5.65 Å². The Morgan fingerprint density at radius 3 is 2.63 bits per heavy atom. The molecule has 9 heteroatoms. The number of aromatic amines is 1. The molecule has 140 valence electrons. The van der Waals surface area contributed by atoms with Gasteiger partial charge in [0, 0.05) is 12.1 Å². The van der Waals surface area contributed by atoms with Crippen LogP contribution in [-0.4, -0.2) is 28.3 Å². The fourth-order valence-corrected chi connectivity index (χ4v) is 6.00. The second kappa shape index (κ2) is 5.03. The van der Waals surface area contributed by atoms with E-state index in [0.717, 1.165) is 10.3 Å². The Kier molecular flexibility index (Phi) is 3.10. The van der Waals surface area contributed by atoms with Crippen LogP contribution in [0.2, 0.25) is 0 Å². The van der Waals surface area contributed by atoms with Crippen molar-refractivity contribution in [3.05, 3.63) is 58.8 Å².